The highest BCUT2D eigenvalue weighted by atomic mass is 32.2. The lowest BCUT2D eigenvalue weighted by Crippen LogP contribution is -2.41. The highest BCUT2D eigenvalue weighted by Crippen LogP contribution is 2.22. The van der Waals surface area contributed by atoms with E-state index in [-0.39, 0.29) is 23.7 Å². The van der Waals surface area contributed by atoms with Gasteiger partial charge in [-0.2, -0.15) is 0 Å². The highest BCUT2D eigenvalue weighted by molar-refractivity contribution is 7.90. The third-order valence-electron chi connectivity index (χ3n) is 4.33. The van der Waals surface area contributed by atoms with Crippen molar-refractivity contribution in [2.75, 3.05) is 6.54 Å². The lowest BCUT2D eigenvalue weighted by atomic mass is 10.2. The zero-order chi connectivity index (χ0) is 21.8. The van der Waals surface area contributed by atoms with E-state index in [0.29, 0.717) is 16.8 Å². The van der Waals surface area contributed by atoms with Crippen molar-refractivity contribution in [2.24, 2.45) is 4.99 Å². The number of aliphatic imine (C=N–C) groups is 1. The molecule has 31 heavy (non-hydrogen) atoms. The summed E-state index contributed by atoms with van der Waals surface area (Å²) in [5, 5.41) is 10.8. The minimum Gasteiger partial charge on any atom is -0.273 e. The quantitative estimate of drug-likeness (QED) is 0.453. The molecule has 2 amide bonds. The van der Waals surface area contributed by atoms with Gasteiger partial charge in [-0.25, -0.2) is 13.1 Å². The number of aromatic nitrogens is 4. The average molecular weight is 440 g/mol. The Kier molecular flexibility index (Phi) is 5.41. The maximum absolute atomic E-state index is 12.2. The molecular formula is C18H16N8O4S. The van der Waals surface area contributed by atoms with Gasteiger partial charge in [0.1, 0.15) is 12.2 Å². The molecule has 1 aliphatic rings. The Morgan fingerprint density at radius 1 is 1.06 bits per heavy atom. The SMILES string of the molecule is O=C(CCN=C1NS(=O)(=O)c2ccccc21)NNC(=O)c1ccc(-n2cnnn2)cc1. The van der Waals surface area contributed by atoms with Crippen molar-refractivity contribution in [1.29, 1.82) is 0 Å². The van der Waals surface area contributed by atoms with E-state index in [4.69, 9.17) is 0 Å². The molecule has 0 unspecified atom stereocenters. The summed E-state index contributed by atoms with van der Waals surface area (Å²) in [6.07, 6.45) is 1.37. The van der Waals surface area contributed by atoms with E-state index in [0.717, 1.165) is 0 Å². The summed E-state index contributed by atoms with van der Waals surface area (Å²) in [5.74, 6) is -0.785. The number of amidine groups is 1. The minimum absolute atomic E-state index is 0.0362. The van der Waals surface area contributed by atoms with Gasteiger partial charge < -0.3 is 0 Å². The number of hydrazine groups is 1. The first-order valence-electron chi connectivity index (χ1n) is 9.03. The van der Waals surface area contributed by atoms with Crippen molar-refractivity contribution in [3.05, 3.63) is 66.0 Å². The summed E-state index contributed by atoms with van der Waals surface area (Å²) in [4.78, 5) is 28.4. The van der Waals surface area contributed by atoms with Gasteiger partial charge in [0.2, 0.25) is 5.91 Å². The average Bonchev–Trinajstić information content (AvgIpc) is 3.39. The lowest BCUT2D eigenvalue weighted by Gasteiger charge is -2.07. The molecule has 1 aliphatic heterocycles. The molecule has 2 aromatic carbocycles. The molecule has 158 valence electrons. The van der Waals surface area contributed by atoms with Crippen LogP contribution in [0.5, 0.6) is 0 Å². The zero-order valence-electron chi connectivity index (χ0n) is 15.9. The van der Waals surface area contributed by atoms with Crippen LogP contribution in [0.1, 0.15) is 22.3 Å². The summed E-state index contributed by atoms with van der Waals surface area (Å²) >= 11 is 0. The van der Waals surface area contributed by atoms with Crippen LogP contribution in [0.15, 0.2) is 64.7 Å². The fraction of sp³-hybridized carbons (Fsp3) is 0.111. The highest BCUT2D eigenvalue weighted by Gasteiger charge is 2.29. The summed E-state index contributed by atoms with van der Waals surface area (Å²) < 4.78 is 27.9. The Labute approximate surface area is 176 Å². The number of rotatable bonds is 5. The summed E-state index contributed by atoms with van der Waals surface area (Å²) in [6, 6.07) is 12.9. The van der Waals surface area contributed by atoms with Crippen LogP contribution in [0.2, 0.25) is 0 Å². The molecular weight excluding hydrogens is 424 g/mol. The molecule has 0 radical (unpaired) electrons. The fourth-order valence-corrected chi connectivity index (χ4v) is 4.08. The normalized spacial score (nSPS) is 15.2. The van der Waals surface area contributed by atoms with Crippen LogP contribution >= 0.6 is 0 Å². The van der Waals surface area contributed by atoms with Gasteiger partial charge in [0.25, 0.3) is 15.9 Å². The molecule has 0 saturated carbocycles. The number of sulfonamides is 1. The number of hydrogen-bond acceptors (Lipinski definition) is 8. The minimum atomic E-state index is -3.63. The third-order valence-corrected chi connectivity index (χ3v) is 5.73. The standard InChI is InChI=1S/C18H16N8O4S/c27-16(9-10-19-17-14-3-1-2-4-15(14)31(29,30)23-17)21-22-18(28)12-5-7-13(8-6-12)26-11-20-24-25-26/h1-8,11H,9-10H2,(H,19,23)(H,21,27)(H,22,28). The Hall–Kier alpha value is -4.13. The molecule has 0 saturated heterocycles. The molecule has 0 aliphatic carbocycles. The third kappa shape index (κ3) is 4.40. The Bertz CT molecular complexity index is 1250. The second-order valence-electron chi connectivity index (χ2n) is 6.39. The van der Waals surface area contributed by atoms with Crippen molar-refractivity contribution in [3.8, 4) is 5.69 Å². The lowest BCUT2D eigenvalue weighted by molar-refractivity contribution is -0.121. The molecule has 3 N–H and O–H groups in total. The maximum Gasteiger partial charge on any atom is 0.269 e. The zero-order valence-corrected chi connectivity index (χ0v) is 16.7. The van der Waals surface area contributed by atoms with E-state index in [1.165, 1.54) is 17.1 Å². The van der Waals surface area contributed by atoms with Crippen LogP contribution < -0.4 is 15.6 Å². The van der Waals surface area contributed by atoms with E-state index in [1.54, 1.807) is 42.5 Å². The first-order valence-corrected chi connectivity index (χ1v) is 10.5. The number of fused-ring (bicyclic) bond motifs is 1. The number of carbonyl (C=O) groups excluding carboxylic acids is 2. The van der Waals surface area contributed by atoms with Gasteiger partial charge >= 0.3 is 0 Å². The van der Waals surface area contributed by atoms with E-state index in [2.05, 4.69) is 36.1 Å². The smallest absolute Gasteiger partial charge is 0.269 e. The van der Waals surface area contributed by atoms with E-state index >= 15 is 0 Å². The summed E-state index contributed by atoms with van der Waals surface area (Å²) in [7, 11) is -3.63. The number of nitrogens with one attached hydrogen (secondary N) is 3. The number of carbonyl (C=O) groups is 2. The van der Waals surface area contributed by atoms with Crippen LogP contribution in [0.4, 0.5) is 0 Å². The molecule has 0 atom stereocenters. The number of nitrogens with zero attached hydrogens (tertiary/aromatic N) is 5. The van der Waals surface area contributed by atoms with Gasteiger partial charge in [-0.1, -0.05) is 12.1 Å². The first kappa shape index (κ1) is 20.2. The van der Waals surface area contributed by atoms with Crippen LogP contribution in [0.25, 0.3) is 5.69 Å². The topological polar surface area (TPSA) is 160 Å². The van der Waals surface area contributed by atoms with Gasteiger partial charge in [-0.3, -0.25) is 30.2 Å². The van der Waals surface area contributed by atoms with Crippen molar-refractivity contribution >= 4 is 27.7 Å². The summed E-state index contributed by atoms with van der Waals surface area (Å²) in [6.45, 7) is 0.0362. The van der Waals surface area contributed by atoms with E-state index < -0.39 is 21.8 Å². The van der Waals surface area contributed by atoms with E-state index in [9.17, 15) is 18.0 Å². The molecule has 12 nitrogen and oxygen atoms in total. The Morgan fingerprint density at radius 2 is 1.84 bits per heavy atom. The van der Waals surface area contributed by atoms with Gasteiger partial charge in [-0.15, -0.1) is 5.10 Å². The number of tetrazole rings is 1. The van der Waals surface area contributed by atoms with Crippen molar-refractivity contribution in [2.45, 2.75) is 11.3 Å². The van der Waals surface area contributed by atoms with Crippen molar-refractivity contribution < 1.29 is 18.0 Å². The molecule has 3 aromatic rings. The molecule has 1 aromatic heterocycles. The predicted molar refractivity (Wildman–Crippen MR) is 108 cm³/mol. The Balaban J connectivity index is 1.28. The maximum atomic E-state index is 12.2. The van der Waals surface area contributed by atoms with Crippen molar-refractivity contribution in [1.82, 2.24) is 35.8 Å². The van der Waals surface area contributed by atoms with Crippen molar-refractivity contribution in [3.63, 3.8) is 0 Å². The molecule has 0 bridgehead atoms. The fourth-order valence-electron chi connectivity index (χ4n) is 2.83. The second kappa shape index (κ2) is 8.31. The predicted octanol–water partition coefficient (Wildman–Crippen LogP) is -0.448. The molecule has 13 heteroatoms. The van der Waals surface area contributed by atoms with Crippen LogP contribution in [0.3, 0.4) is 0 Å². The van der Waals surface area contributed by atoms with Gasteiger partial charge in [-0.05, 0) is 46.8 Å². The first-order chi connectivity index (χ1) is 14.9. The largest absolute Gasteiger partial charge is 0.273 e. The summed E-state index contributed by atoms with van der Waals surface area (Å²) in [5.41, 5.74) is 6.08. The second-order valence-corrected chi connectivity index (χ2v) is 8.04. The van der Waals surface area contributed by atoms with Gasteiger partial charge in [0.05, 0.1) is 17.1 Å². The van der Waals surface area contributed by atoms with E-state index in [1.807, 2.05) is 0 Å². The van der Waals surface area contributed by atoms with Crippen LogP contribution in [-0.2, 0) is 14.8 Å². The van der Waals surface area contributed by atoms with Gasteiger partial charge in [0.15, 0.2) is 0 Å². The number of amides is 2. The number of benzene rings is 2. The number of hydrogen-bond donors (Lipinski definition) is 3. The monoisotopic (exact) mass is 440 g/mol. The van der Waals surface area contributed by atoms with Crippen LogP contribution in [0, 0.1) is 0 Å². The molecule has 2 heterocycles. The molecule has 0 fully saturated rings. The molecule has 4 rings (SSSR count). The van der Waals surface area contributed by atoms with Gasteiger partial charge in [0, 0.05) is 17.5 Å². The van der Waals surface area contributed by atoms with Crippen LogP contribution in [-0.4, -0.2) is 52.8 Å². The Morgan fingerprint density at radius 3 is 2.58 bits per heavy atom. The molecule has 0 spiro atoms.